The Balaban J connectivity index is 1.82. The van der Waals surface area contributed by atoms with Gasteiger partial charge in [-0.1, -0.05) is 5.16 Å². The monoisotopic (exact) mass is 305 g/mol. The number of amides is 1. The minimum atomic E-state index is -0.351. The van der Waals surface area contributed by atoms with E-state index in [9.17, 15) is 4.79 Å². The fourth-order valence-electron chi connectivity index (χ4n) is 2.72. The number of carbonyl (C=O) groups excluding carboxylic acids is 1. The van der Waals surface area contributed by atoms with Crippen LogP contribution in [0.1, 0.15) is 41.2 Å². The van der Waals surface area contributed by atoms with Crippen LogP contribution in [0.15, 0.2) is 16.9 Å². The summed E-state index contributed by atoms with van der Waals surface area (Å²) in [6.45, 7) is 3.05. The molecule has 0 bridgehead atoms. The van der Waals surface area contributed by atoms with Crippen molar-refractivity contribution in [3.8, 4) is 0 Å². The molecule has 0 aliphatic carbocycles. The number of rotatable bonds is 4. The van der Waals surface area contributed by atoms with Crippen LogP contribution in [0.5, 0.6) is 0 Å². The van der Waals surface area contributed by atoms with Gasteiger partial charge < -0.3 is 19.1 Å². The van der Waals surface area contributed by atoms with Crippen LogP contribution in [0.3, 0.4) is 0 Å². The van der Waals surface area contributed by atoms with E-state index in [0.717, 1.165) is 18.7 Å². The Hall–Kier alpha value is -2.22. The second kappa shape index (κ2) is 6.27. The molecule has 1 N–H and O–H groups in total. The Morgan fingerprint density at radius 2 is 2.23 bits per heavy atom. The normalized spacial score (nSPS) is 17.4. The van der Waals surface area contributed by atoms with Crippen molar-refractivity contribution >= 4 is 5.91 Å². The van der Waals surface area contributed by atoms with Gasteiger partial charge in [0.2, 0.25) is 5.89 Å². The largest absolute Gasteiger partial charge is 0.381 e. The van der Waals surface area contributed by atoms with Crippen LogP contribution >= 0.6 is 0 Å². The lowest BCUT2D eigenvalue weighted by Crippen LogP contribution is -2.37. The number of hydrogen-bond donors (Lipinski definition) is 1. The predicted molar refractivity (Wildman–Crippen MR) is 76.0 cm³/mol. The van der Waals surface area contributed by atoms with Gasteiger partial charge in [0.25, 0.3) is 11.7 Å². The number of imidazole rings is 1. The van der Waals surface area contributed by atoms with E-state index in [1.165, 1.54) is 0 Å². The zero-order chi connectivity index (χ0) is 15.5. The summed E-state index contributed by atoms with van der Waals surface area (Å²) >= 11 is 0. The number of carbonyl (C=O) groups is 1. The van der Waals surface area contributed by atoms with Crippen molar-refractivity contribution in [2.24, 2.45) is 13.0 Å². The van der Waals surface area contributed by atoms with Crippen LogP contribution in [0.25, 0.3) is 0 Å². The zero-order valence-electron chi connectivity index (χ0n) is 12.7. The standard InChI is InChI=1S/C14H19N5O3/c1-9-16-12(18-22-9)14(20)17-11(10-3-7-21-8-4-10)13-15-5-6-19(13)2/h5-6,10-11H,3-4,7-8H2,1-2H3,(H,17,20). The minimum Gasteiger partial charge on any atom is -0.381 e. The van der Waals surface area contributed by atoms with Crippen LogP contribution in [0.4, 0.5) is 0 Å². The summed E-state index contributed by atoms with van der Waals surface area (Å²) in [7, 11) is 1.92. The van der Waals surface area contributed by atoms with E-state index in [4.69, 9.17) is 9.26 Å². The number of hydrogen-bond acceptors (Lipinski definition) is 6. The molecule has 0 saturated carbocycles. The molecule has 1 amide bonds. The van der Waals surface area contributed by atoms with Gasteiger partial charge in [0.15, 0.2) is 0 Å². The second-order valence-corrected chi connectivity index (χ2v) is 5.43. The number of ether oxygens (including phenoxy) is 1. The Labute approximate surface area is 127 Å². The van der Waals surface area contributed by atoms with Crippen LogP contribution in [-0.2, 0) is 11.8 Å². The molecule has 1 saturated heterocycles. The molecule has 1 atom stereocenters. The molecule has 3 heterocycles. The summed E-state index contributed by atoms with van der Waals surface area (Å²) in [6, 6.07) is -0.199. The van der Waals surface area contributed by atoms with Crippen molar-refractivity contribution in [2.75, 3.05) is 13.2 Å². The molecule has 1 aliphatic rings. The topological polar surface area (TPSA) is 95.1 Å². The highest BCUT2D eigenvalue weighted by Gasteiger charge is 2.30. The van der Waals surface area contributed by atoms with Crippen molar-refractivity contribution in [2.45, 2.75) is 25.8 Å². The molecule has 2 aromatic heterocycles. The SMILES string of the molecule is Cc1nc(C(=O)NC(c2nccn2C)C2CCOCC2)no1. The summed E-state index contributed by atoms with van der Waals surface area (Å²) < 4.78 is 12.2. The van der Waals surface area contributed by atoms with E-state index in [1.807, 2.05) is 17.8 Å². The lowest BCUT2D eigenvalue weighted by atomic mass is 9.91. The van der Waals surface area contributed by atoms with Crippen molar-refractivity contribution in [3.63, 3.8) is 0 Å². The molecule has 1 aliphatic heterocycles. The van der Waals surface area contributed by atoms with Gasteiger partial charge >= 0.3 is 0 Å². The lowest BCUT2D eigenvalue weighted by Gasteiger charge is -2.30. The first kappa shape index (κ1) is 14.7. The molecule has 1 fully saturated rings. The van der Waals surface area contributed by atoms with E-state index in [2.05, 4.69) is 20.4 Å². The maximum absolute atomic E-state index is 12.4. The molecule has 2 aromatic rings. The number of aromatic nitrogens is 4. The third-order valence-corrected chi connectivity index (χ3v) is 3.89. The van der Waals surface area contributed by atoms with E-state index in [1.54, 1.807) is 13.1 Å². The van der Waals surface area contributed by atoms with Gasteiger partial charge in [-0.15, -0.1) is 0 Å². The van der Waals surface area contributed by atoms with Crippen molar-refractivity contribution in [1.29, 1.82) is 0 Å². The molecule has 0 radical (unpaired) electrons. The zero-order valence-corrected chi connectivity index (χ0v) is 12.7. The lowest BCUT2D eigenvalue weighted by molar-refractivity contribution is 0.0497. The van der Waals surface area contributed by atoms with Crippen LogP contribution in [0.2, 0.25) is 0 Å². The van der Waals surface area contributed by atoms with Gasteiger partial charge in [0.05, 0.1) is 6.04 Å². The quantitative estimate of drug-likeness (QED) is 0.905. The predicted octanol–water partition coefficient (Wildman–Crippen LogP) is 1.01. The summed E-state index contributed by atoms with van der Waals surface area (Å²) in [5, 5.41) is 6.66. The summed E-state index contributed by atoms with van der Waals surface area (Å²) in [5.74, 6) is 1.15. The van der Waals surface area contributed by atoms with E-state index < -0.39 is 0 Å². The first-order chi connectivity index (χ1) is 10.6. The van der Waals surface area contributed by atoms with E-state index in [-0.39, 0.29) is 23.7 Å². The highest BCUT2D eigenvalue weighted by molar-refractivity contribution is 5.90. The summed E-state index contributed by atoms with van der Waals surface area (Å²) in [5.41, 5.74) is 0. The average molecular weight is 305 g/mol. The molecule has 1 unspecified atom stereocenters. The van der Waals surface area contributed by atoms with Gasteiger partial charge in [-0.2, -0.15) is 4.98 Å². The number of nitrogens with one attached hydrogen (secondary N) is 1. The van der Waals surface area contributed by atoms with Crippen LogP contribution in [-0.4, -0.2) is 38.8 Å². The Kier molecular flexibility index (Phi) is 4.19. The van der Waals surface area contributed by atoms with Crippen molar-refractivity contribution in [3.05, 3.63) is 29.9 Å². The van der Waals surface area contributed by atoms with E-state index >= 15 is 0 Å². The van der Waals surface area contributed by atoms with Crippen LogP contribution in [0, 0.1) is 12.8 Å². The second-order valence-electron chi connectivity index (χ2n) is 5.43. The smallest absolute Gasteiger partial charge is 0.293 e. The molecule has 0 aromatic carbocycles. The van der Waals surface area contributed by atoms with Gasteiger partial charge in [0, 0.05) is 39.6 Å². The van der Waals surface area contributed by atoms with Gasteiger partial charge in [-0.05, 0) is 18.8 Å². The third kappa shape index (κ3) is 3.01. The number of aryl methyl sites for hydroxylation is 2. The minimum absolute atomic E-state index is 0.0452. The van der Waals surface area contributed by atoms with Crippen LogP contribution < -0.4 is 5.32 Å². The molecule has 22 heavy (non-hydrogen) atoms. The third-order valence-electron chi connectivity index (χ3n) is 3.89. The first-order valence-electron chi connectivity index (χ1n) is 7.31. The van der Waals surface area contributed by atoms with Crippen molar-refractivity contribution in [1.82, 2.24) is 25.0 Å². The van der Waals surface area contributed by atoms with Gasteiger partial charge in [0.1, 0.15) is 5.82 Å². The maximum Gasteiger partial charge on any atom is 0.293 e. The van der Waals surface area contributed by atoms with Gasteiger partial charge in [-0.3, -0.25) is 4.79 Å². The molecule has 3 rings (SSSR count). The molecule has 8 nitrogen and oxygen atoms in total. The Morgan fingerprint density at radius 1 is 1.45 bits per heavy atom. The van der Waals surface area contributed by atoms with Crippen molar-refractivity contribution < 1.29 is 14.1 Å². The fourth-order valence-corrected chi connectivity index (χ4v) is 2.72. The van der Waals surface area contributed by atoms with E-state index in [0.29, 0.717) is 19.1 Å². The average Bonchev–Trinajstić information content (AvgIpc) is 3.14. The summed E-state index contributed by atoms with van der Waals surface area (Å²) in [6.07, 6.45) is 5.35. The highest BCUT2D eigenvalue weighted by atomic mass is 16.5. The maximum atomic E-state index is 12.4. The number of nitrogens with zero attached hydrogens (tertiary/aromatic N) is 4. The van der Waals surface area contributed by atoms with Gasteiger partial charge in [-0.25, -0.2) is 4.98 Å². The Bertz CT molecular complexity index is 644. The molecule has 0 spiro atoms. The first-order valence-corrected chi connectivity index (χ1v) is 7.31. The molecular formula is C14H19N5O3. The molecule has 8 heteroatoms. The fraction of sp³-hybridized carbons (Fsp3) is 0.571. The molecule has 118 valence electrons. The summed E-state index contributed by atoms with van der Waals surface area (Å²) in [4.78, 5) is 20.7. The molecular weight excluding hydrogens is 286 g/mol. The Morgan fingerprint density at radius 3 is 2.82 bits per heavy atom. The highest BCUT2D eigenvalue weighted by Crippen LogP contribution is 2.29.